The van der Waals surface area contributed by atoms with Crippen LogP contribution in [-0.4, -0.2) is 0 Å². The third kappa shape index (κ3) is 13.0. The van der Waals surface area contributed by atoms with Gasteiger partial charge in [0.25, 0.3) is 0 Å². The molecule has 618 valence electrons. The minimum Gasteiger partial charge on any atom is -0.456 e. The average molecular weight is 1690 g/mol. The van der Waals surface area contributed by atoms with Crippen LogP contribution in [0.3, 0.4) is 0 Å². The molecule has 28 aromatic rings. The molecule has 28 rings (SSSR count). The lowest BCUT2D eigenvalue weighted by atomic mass is 9.84. The smallest absolute Gasteiger partial charge is 0.143 e. The van der Waals surface area contributed by atoms with Crippen LogP contribution >= 0.6 is 0 Å². The van der Waals surface area contributed by atoms with Crippen LogP contribution in [0.2, 0.25) is 0 Å². The molecule has 0 bridgehead atoms. The van der Waals surface area contributed by atoms with Crippen molar-refractivity contribution >= 4 is 174 Å². The molecule has 0 radical (unpaired) electrons. The lowest BCUT2D eigenvalue weighted by Crippen LogP contribution is -1.92. The lowest BCUT2D eigenvalue weighted by Gasteiger charge is -2.19. The Morgan fingerprint density at radius 2 is 0.361 bits per heavy atom. The molecule has 0 saturated carbocycles. The molecule has 0 amide bonds. The highest BCUT2D eigenvalue weighted by Gasteiger charge is 2.28. The van der Waals surface area contributed by atoms with Crippen molar-refractivity contribution in [3.05, 3.63) is 485 Å². The summed E-state index contributed by atoms with van der Waals surface area (Å²) in [4.78, 5) is 0. The number of hydrogen-bond donors (Lipinski definition) is 0. The average Bonchev–Trinajstić information content (AvgIpc) is 1.72. The third-order valence-electron chi connectivity index (χ3n) is 27.5. The quantitative estimate of drug-likeness (QED) is 0.135. The maximum Gasteiger partial charge on any atom is 0.143 e. The summed E-state index contributed by atoms with van der Waals surface area (Å²) in [5.41, 5.74) is 27.1. The Kier molecular flexibility index (Phi) is 18.3. The van der Waals surface area contributed by atoms with Gasteiger partial charge in [-0.3, -0.25) is 0 Å². The second kappa shape index (κ2) is 31.8. The van der Waals surface area contributed by atoms with E-state index in [0.717, 1.165) is 88.1 Å². The molecule has 0 saturated heterocycles. The molecular formula is C130H80O3. The maximum absolute atomic E-state index is 6.66. The van der Waals surface area contributed by atoms with Crippen molar-refractivity contribution in [1.29, 1.82) is 0 Å². The van der Waals surface area contributed by atoms with Gasteiger partial charge in [0.15, 0.2) is 0 Å². The Bertz CT molecular complexity index is 9430. The zero-order chi connectivity index (χ0) is 87.6. The van der Waals surface area contributed by atoms with E-state index in [1.165, 1.54) is 186 Å². The van der Waals surface area contributed by atoms with Crippen molar-refractivity contribution in [2.45, 2.75) is 0 Å². The summed E-state index contributed by atoms with van der Waals surface area (Å²) in [7, 11) is 0. The normalized spacial score (nSPS) is 11.8. The van der Waals surface area contributed by atoms with Gasteiger partial charge in [-0.1, -0.05) is 413 Å². The number of furan rings is 3. The molecule has 25 aromatic carbocycles. The maximum atomic E-state index is 6.66. The first-order valence-electron chi connectivity index (χ1n) is 45.7. The van der Waals surface area contributed by atoms with Crippen LogP contribution in [0.25, 0.3) is 274 Å². The molecule has 0 aliphatic rings. The number of fused-ring (bicyclic) bond motifs is 19. The summed E-state index contributed by atoms with van der Waals surface area (Å²) < 4.78 is 19.8. The van der Waals surface area contributed by atoms with E-state index in [0.29, 0.717) is 0 Å². The van der Waals surface area contributed by atoms with E-state index >= 15 is 0 Å². The van der Waals surface area contributed by atoms with Crippen LogP contribution in [0, 0.1) is 0 Å². The number of hydrogen-bond acceptors (Lipinski definition) is 3. The molecule has 0 N–H and O–H groups in total. The van der Waals surface area contributed by atoms with Crippen molar-refractivity contribution in [3.63, 3.8) is 0 Å². The second-order valence-electron chi connectivity index (χ2n) is 35.0. The molecular weight excluding hydrogens is 1610 g/mol. The van der Waals surface area contributed by atoms with Crippen molar-refractivity contribution in [1.82, 2.24) is 0 Å². The highest BCUT2D eigenvalue weighted by molar-refractivity contribution is 6.31. The standard InChI is InChI=1S/C46H28O.2C42H26O/c1-3-13-31-25-33(23-21-29(31)11-1)35-27-41(46-40-19-9-10-20-42(40)47-43(46)28-35)45-38-17-7-5-15-36(38)44(37-16-6-8-18-39(37)45)34-24-22-30-12-2-4-14-32(30)26-34;1-2-13-28(14-3-1)31-24-25-37(41-36-20-10-11-21-38(36)43-42(31)41)40-34-18-8-6-16-32(34)39(33-17-7-9-19-35(33)40)30-23-22-27-12-4-5-15-29(27)26-30;1-2-12-27(13-3-1)31-25-37(42-36-20-10-11-21-38(36)43-39(42)26-31)41-34-18-8-6-16-32(34)40(33-17-7-9-19-35(33)41)30-23-22-28-14-4-5-15-29(28)24-30/h1-28H;2*1-26H. The SMILES string of the molecule is c1ccc(-c2cc(-c3c4ccccc4c(-c4ccc5ccccc5c4)c4ccccc34)c3c(c2)oc2ccccc23)cc1.c1ccc(-c2ccc(-c3c4ccccc4c(-c4ccc5ccccc5c4)c4ccccc34)c3c2oc2ccccc23)cc1.c1ccc2cc(-c3cc(-c4c5ccccc5c(-c5ccc6ccccc6c5)c5ccccc45)c4c(c3)oc3ccccc34)ccc2c1. The van der Waals surface area contributed by atoms with Crippen LogP contribution in [0.1, 0.15) is 0 Å². The molecule has 3 aromatic heterocycles. The molecule has 0 aliphatic carbocycles. The van der Waals surface area contributed by atoms with Gasteiger partial charge in [-0.15, -0.1) is 0 Å². The van der Waals surface area contributed by atoms with Gasteiger partial charge in [0.05, 0.1) is 0 Å². The van der Waals surface area contributed by atoms with Crippen molar-refractivity contribution < 1.29 is 13.3 Å². The van der Waals surface area contributed by atoms with Gasteiger partial charge in [0.1, 0.15) is 33.5 Å². The number of para-hydroxylation sites is 3. The van der Waals surface area contributed by atoms with E-state index in [9.17, 15) is 0 Å². The number of rotatable bonds is 9. The zero-order valence-electron chi connectivity index (χ0n) is 72.4. The molecule has 0 spiro atoms. The largest absolute Gasteiger partial charge is 0.456 e. The van der Waals surface area contributed by atoms with E-state index in [1.54, 1.807) is 0 Å². The van der Waals surface area contributed by atoms with Crippen LogP contribution < -0.4 is 0 Å². The summed E-state index contributed by atoms with van der Waals surface area (Å²) in [6.07, 6.45) is 0. The van der Waals surface area contributed by atoms with Crippen molar-refractivity contribution in [3.8, 4) is 100 Å². The minimum absolute atomic E-state index is 0.902. The van der Waals surface area contributed by atoms with Gasteiger partial charge in [-0.25, -0.2) is 0 Å². The van der Waals surface area contributed by atoms with Crippen molar-refractivity contribution in [2.24, 2.45) is 0 Å². The first kappa shape index (κ1) is 76.7. The fourth-order valence-corrected chi connectivity index (χ4v) is 21.5. The van der Waals surface area contributed by atoms with E-state index in [1.807, 2.05) is 6.07 Å². The summed E-state index contributed by atoms with van der Waals surface area (Å²) in [6.45, 7) is 0. The zero-order valence-corrected chi connectivity index (χ0v) is 72.4. The number of benzene rings is 25. The Hall–Kier alpha value is -17.5. The Labute approximate surface area is 766 Å². The molecule has 0 fully saturated rings. The van der Waals surface area contributed by atoms with Gasteiger partial charge in [0.2, 0.25) is 0 Å². The molecule has 0 aliphatic heterocycles. The van der Waals surface area contributed by atoms with Crippen LogP contribution in [0.15, 0.2) is 499 Å². The monoisotopic (exact) mass is 1690 g/mol. The topological polar surface area (TPSA) is 39.4 Å². The second-order valence-corrected chi connectivity index (χ2v) is 35.0. The van der Waals surface area contributed by atoms with Gasteiger partial charge < -0.3 is 13.3 Å². The fraction of sp³-hybridized carbons (Fsp3) is 0. The first-order valence-corrected chi connectivity index (χ1v) is 45.7. The van der Waals surface area contributed by atoms with E-state index in [4.69, 9.17) is 13.3 Å². The third-order valence-corrected chi connectivity index (χ3v) is 27.5. The van der Waals surface area contributed by atoms with Crippen LogP contribution in [0.5, 0.6) is 0 Å². The highest BCUT2D eigenvalue weighted by Crippen LogP contribution is 2.54. The molecule has 133 heavy (non-hydrogen) atoms. The fourth-order valence-electron chi connectivity index (χ4n) is 21.5. The Morgan fingerprint density at radius 1 is 0.113 bits per heavy atom. The molecule has 0 atom stereocenters. The van der Waals surface area contributed by atoms with E-state index in [-0.39, 0.29) is 0 Å². The van der Waals surface area contributed by atoms with Crippen molar-refractivity contribution in [2.75, 3.05) is 0 Å². The highest BCUT2D eigenvalue weighted by atomic mass is 16.3. The predicted octanol–water partition coefficient (Wildman–Crippen LogP) is 37.3. The Balaban J connectivity index is 0.000000104. The molecule has 3 nitrogen and oxygen atoms in total. The van der Waals surface area contributed by atoms with Gasteiger partial charge in [-0.05, 0) is 275 Å². The van der Waals surface area contributed by atoms with Crippen LogP contribution in [-0.2, 0) is 0 Å². The first-order chi connectivity index (χ1) is 66.0. The molecule has 0 unspecified atom stereocenters. The van der Waals surface area contributed by atoms with Gasteiger partial charge in [-0.2, -0.15) is 0 Å². The summed E-state index contributed by atoms with van der Waals surface area (Å²) in [5.74, 6) is 0. The minimum atomic E-state index is 0.902. The lowest BCUT2D eigenvalue weighted by molar-refractivity contribution is 0.669. The van der Waals surface area contributed by atoms with Gasteiger partial charge >= 0.3 is 0 Å². The summed E-state index contributed by atoms with van der Waals surface area (Å²) in [6, 6.07) is 175. The Morgan fingerprint density at radius 3 is 0.714 bits per heavy atom. The predicted molar refractivity (Wildman–Crippen MR) is 565 cm³/mol. The van der Waals surface area contributed by atoms with E-state index < -0.39 is 0 Å². The van der Waals surface area contributed by atoms with E-state index in [2.05, 4.69) is 479 Å². The van der Waals surface area contributed by atoms with Crippen LogP contribution in [0.4, 0.5) is 0 Å². The molecule has 3 heterocycles. The molecule has 3 heteroatoms. The summed E-state index contributed by atoms with van der Waals surface area (Å²) >= 11 is 0. The summed E-state index contributed by atoms with van der Waals surface area (Å²) in [5, 5.41) is 31.7. The van der Waals surface area contributed by atoms with Gasteiger partial charge in [0, 0.05) is 37.9 Å².